The Morgan fingerprint density at radius 1 is 1.00 bits per heavy atom. The number of carbonyl (C=O) groups is 1. The molecule has 0 saturated carbocycles. The van der Waals surface area contributed by atoms with E-state index in [2.05, 4.69) is 15.1 Å². The van der Waals surface area contributed by atoms with Crippen molar-refractivity contribution in [2.75, 3.05) is 14.2 Å². The highest BCUT2D eigenvalue weighted by Gasteiger charge is 2.16. The first-order chi connectivity index (χ1) is 14.2. The van der Waals surface area contributed by atoms with E-state index in [1.54, 1.807) is 31.4 Å². The fraction of sp³-hybridized carbons (Fsp3) is 0.143. The third-order valence-corrected chi connectivity index (χ3v) is 4.25. The van der Waals surface area contributed by atoms with E-state index in [-0.39, 0.29) is 18.2 Å². The Morgan fingerprint density at radius 3 is 2.69 bits per heavy atom. The SMILES string of the molecule is COc1ccc(-c2noc(COC(=O)c3ccc4ccccc4n3)n2)c(OC)c1. The van der Waals surface area contributed by atoms with Crippen molar-refractivity contribution in [3.05, 3.63) is 66.2 Å². The van der Waals surface area contributed by atoms with E-state index < -0.39 is 5.97 Å². The Morgan fingerprint density at radius 2 is 1.86 bits per heavy atom. The van der Waals surface area contributed by atoms with Gasteiger partial charge in [0.25, 0.3) is 5.89 Å². The van der Waals surface area contributed by atoms with Crippen LogP contribution in [0.5, 0.6) is 11.5 Å². The summed E-state index contributed by atoms with van der Waals surface area (Å²) in [5.41, 5.74) is 1.56. The molecule has 0 saturated heterocycles. The quantitative estimate of drug-likeness (QED) is 0.460. The van der Waals surface area contributed by atoms with Crippen LogP contribution in [-0.2, 0) is 11.3 Å². The molecule has 8 heteroatoms. The van der Waals surface area contributed by atoms with Crippen molar-refractivity contribution in [1.82, 2.24) is 15.1 Å². The van der Waals surface area contributed by atoms with Gasteiger partial charge in [0.2, 0.25) is 5.82 Å². The lowest BCUT2D eigenvalue weighted by molar-refractivity contribution is 0.0423. The van der Waals surface area contributed by atoms with Crippen LogP contribution in [0.1, 0.15) is 16.4 Å². The fourth-order valence-electron chi connectivity index (χ4n) is 2.79. The van der Waals surface area contributed by atoms with E-state index in [0.29, 0.717) is 28.4 Å². The number of pyridine rings is 1. The normalized spacial score (nSPS) is 10.7. The third-order valence-electron chi connectivity index (χ3n) is 4.25. The predicted octanol–water partition coefficient (Wildman–Crippen LogP) is 3.66. The molecule has 0 atom stereocenters. The molecule has 2 aromatic carbocycles. The van der Waals surface area contributed by atoms with Gasteiger partial charge in [-0.05, 0) is 24.3 Å². The highest BCUT2D eigenvalue weighted by Crippen LogP contribution is 2.31. The van der Waals surface area contributed by atoms with Gasteiger partial charge >= 0.3 is 5.97 Å². The van der Waals surface area contributed by atoms with Crippen LogP contribution in [0, 0.1) is 0 Å². The zero-order chi connectivity index (χ0) is 20.2. The van der Waals surface area contributed by atoms with E-state index in [1.807, 2.05) is 30.3 Å². The summed E-state index contributed by atoms with van der Waals surface area (Å²) in [6.45, 7) is -0.168. The minimum Gasteiger partial charge on any atom is -0.497 e. The smallest absolute Gasteiger partial charge is 0.357 e. The van der Waals surface area contributed by atoms with Crippen LogP contribution < -0.4 is 9.47 Å². The standard InChI is InChI=1S/C21H17N3O5/c1-26-14-8-9-15(18(11-14)27-2)20-23-19(29-24-20)12-28-21(25)17-10-7-13-5-3-4-6-16(13)22-17/h3-11H,12H2,1-2H3. The van der Waals surface area contributed by atoms with E-state index in [1.165, 1.54) is 7.11 Å². The van der Waals surface area contributed by atoms with Gasteiger partial charge in [0.05, 0.1) is 25.3 Å². The Kier molecular flexibility index (Phi) is 5.07. The molecule has 2 aromatic heterocycles. The summed E-state index contributed by atoms with van der Waals surface area (Å²) in [5.74, 6) is 1.09. The number of carbonyl (C=O) groups excluding carboxylic acids is 1. The molecule has 4 rings (SSSR count). The maximum atomic E-state index is 12.3. The molecule has 0 N–H and O–H groups in total. The molecule has 0 aliphatic rings. The van der Waals surface area contributed by atoms with Gasteiger partial charge in [0.1, 0.15) is 17.2 Å². The molecule has 0 radical (unpaired) electrons. The summed E-state index contributed by atoms with van der Waals surface area (Å²) in [7, 11) is 3.11. The van der Waals surface area contributed by atoms with Gasteiger partial charge in [-0.25, -0.2) is 9.78 Å². The van der Waals surface area contributed by atoms with Gasteiger partial charge in [0, 0.05) is 11.5 Å². The summed E-state index contributed by atoms with van der Waals surface area (Å²) in [4.78, 5) is 20.9. The number of para-hydroxylation sites is 1. The molecule has 0 amide bonds. The fourth-order valence-corrected chi connectivity index (χ4v) is 2.79. The molecular formula is C21H17N3O5. The highest BCUT2D eigenvalue weighted by molar-refractivity contribution is 5.90. The molecule has 0 aliphatic carbocycles. The van der Waals surface area contributed by atoms with Gasteiger partial charge < -0.3 is 18.7 Å². The van der Waals surface area contributed by atoms with Gasteiger partial charge in [-0.1, -0.05) is 29.4 Å². The summed E-state index contributed by atoms with van der Waals surface area (Å²) in [6.07, 6.45) is 0. The van der Waals surface area contributed by atoms with Crippen LogP contribution in [0.4, 0.5) is 0 Å². The molecule has 0 bridgehead atoms. The molecule has 0 aliphatic heterocycles. The zero-order valence-electron chi connectivity index (χ0n) is 15.8. The van der Waals surface area contributed by atoms with Crippen LogP contribution in [0.15, 0.2) is 59.1 Å². The lowest BCUT2D eigenvalue weighted by Crippen LogP contribution is -2.07. The predicted molar refractivity (Wildman–Crippen MR) is 104 cm³/mol. The van der Waals surface area contributed by atoms with Crippen molar-refractivity contribution >= 4 is 16.9 Å². The van der Waals surface area contributed by atoms with Crippen LogP contribution in [0.25, 0.3) is 22.3 Å². The van der Waals surface area contributed by atoms with E-state index in [0.717, 1.165) is 5.39 Å². The highest BCUT2D eigenvalue weighted by atomic mass is 16.6. The van der Waals surface area contributed by atoms with E-state index in [4.69, 9.17) is 18.7 Å². The van der Waals surface area contributed by atoms with Crippen molar-refractivity contribution in [2.24, 2.45) is 0 Å². The molecule has 0 unspecified atom stereocenters. The van der Waals surface area contributed by atoms with Crippen LogP contribution in [-0.4, -0.2) is 35.3 Å². The van der Waals surface area contributed by atoms with Gasteiger partial charge in [-0.15, -0.1) is 0 Å². The average molecular weight is 391 g/mol. The molecule has 0 spiro atoms. The lowest BCUT2D eigenvalue weighted by atomic mass is 10.2. The Balaban J connectivity index is 1.47. The van der Waals surface area contributed by atoms with Gasteiger partial charge in [-0.3, -0.25) is 0 Å². The zero-order valence-corrected chi connectivity index (χ0v) is 15.8. The average Bonchev–Trinajstić information content (AvgIpc) is 3.25. The number of ether oxygens (including phenoxy) is 3. The number of hydrogen-bond acceptors (Lipinski definition) is 8. The van der Waals surface area contributed by atoms with Crippen molar-refractivity contribution in [2.45, 2.75) is 6.61 Å². The maximum absolute atomic E-state index is 12.3. The molecule has 8 nitrogen and oxygen atoms in total. The van der Waals surface area contributed by atoms with E-state index >= 15 is 0 Å². The number of benzene rings is 2. The molecule has 4 aromatic rings. The van der Waals surface area contributed by atoms with E-state index in [9.17, 15) is 4.79 Å². The van der Waals surface area contributed by atoms with Crippen LogP contribution >= 0.6 is 0 Å². The summed E-state index contributed by atoms with van der Waals surface area (Å²) in [6, 6.07) is 16.2. The maximum Gasteiger partial charge on any atom is 0.357 e. The minimum absolute atomic E-state index is 0.159. The van der Waals surface area contributed by atoms with Crippen LogP contribution in [0.2, 0.25) is 0 Å². The van der Waals surface area contributed by atoms with Gasteiger partial charge in [0.15, 0.2) is 6.61 Å². The first-order valence-electron chi connectivity index (χ1n) is 8.76. The number of fused-ring (bicyclic) bond motifs is 1. The first kappa shape index (κ1) is 18.4. The molecule has 146 valence electrons. The number of rotatable bonds is 6. The van der Waals surface area contributed by atoms with Crippen LogP contribution in [0.3, 0.4) is 0 Å². The molecule has 0 fully saturated rings. The largest absolute Gasteiger partial charge is 0.497 e. The minimum atomic E-state index is -0.572. The number of aromatic nitrogens is 3. The first-order valence-corrected chi connectivity index (χ1v) is 8.76. The summed E-state index contributed by atoms with van der Waals surface area (Å²) >= 11 is 0. The molecular weight excluding hydrogens is 374 g/mol. The second-order valence-electron chi connectivity index (χ2n) is 6.04. The van der Waals surface area contributed by atoms with Crippen molar-refractivity contribution in [3.8, 4) is 22.9 Å². The molecule has 29 heavy (non-hydrogen) atoms. The second-order valence-corrected chi connectivity index (χ2v) is 6.04. The summed E-state index contributed by atoms with van der Waals surface area (Å²) in [5, 5.41) is 4.87. The third kappa shape index (κ3) is 3.86. The Hall–Kier alpha value is -3.94. The monoisotopic (exact) mass is 391 g/mol. The summed E-state index contributed by atoms with van der Waals surface area (Å²) < 4.78 is 21.0. The molecule has 2 heterocycles. The second kappa shape index (κ2) is 7.97. The lowest BCUT2D eigenvalue weighted by Gasteiger charge is -2.07. The Labute approximate surface area is 166 Å². The number of esters is 1. The van der Waals surface area contributed by atoms with Crippen molar-refractivity contribution in [1.29, 1.82) is 0 Å². The topological polar surface area (TPSA) is 96.6 Å². The Bertz CT molecular complexity index is 1170. The number of methoxy groups -OCH3 is 2. The number of nitrogens with zero attached hydrogens (tertiary/aromatic N) is 3. The number of hydrogen-bond donors (Lipinski definition) is 0. The van der Waals surface area contributed by atoms with Crippen molar-refractivity contribution in [3.63, 3.8) is 0 Å². The van der Waals surface area contributed by atoms with Crippen molar-refractivity contribution < 1.29 is 23.5 Å². The van der Waals surface area contributed by atoms with Gasteiger partial charge in [-0.2, -0.15) is 4.98 Å².